The maximum atomic E-state index is 12.0. The Balaban J connectivity index is 1.93. The number of hydrogen-bond acceptors (Lipinski definition) is 2. The van der Waals surface area contributed by atoms with Crippen LogP contribution in [0.2, 0.25) is 0 Å². The molecule has 0 radical (unpaired) electrons. The molecule has 0 bridgehead atoms. The number of rotatable bonds is 6. The molecule has 0 spiro atoms. The fourth-order valence-corrected chi connectivity index (χ4v) is 2.25. The summed E-state index contributed by atoms with van der Waals surface area (Å²) in [5.41, 5.74) is 3.03. The lowest BCUT2D eigenvalue weighted by atomic mass is 10.1. The van der Waals surface area contributed by atoms with Crippen molar-refractivity contribution in [3.05, 3.63) is 48.0 Å². The van der Waals surface area contributed by atoms with Crippen molar-refractivity contribution in [3.8, 4) is 0 Å². The normalized spacial score (nSPS) is 10.4. The van der Waals surface area contributed by atoms with Crippen molar-refractivity contribution in [2.24, 2.45) is 0 Å². The maximum absolute atomic E-state index is 12.0. The quantitative estimate of drug-likeness (QED) is 0.857. The predicted octanol–water partition coefficient (Wildman–Crippen LogP) is 3.18. The highest BCUT2D eigenvalue weighted by atomic mass is 16.2. The van der Waals surface area contributed by atoms with Crippen LogP contribution in [-0.4, -0.2) is 15.6 Å². The number of anilines is 1. The maximum Gasteiger partial charge on any atom is 0.319 e. The number of nitrogens with zero attached hydrogens (tertiary/aromatic N) is 2. The Hall–Kier alpha value is -2.30. The van der Waals surface area contributed by atoms with Crippen molar-refractivity contribution < 1.29 is 4.79 Å². The molecule has 0 unspecified atom stereocenters. The van der Waals surface area contributed by atoms with Crippen molar-refractivity contribution in [1.29, 1.82) is 0 Å². The second-order valence-electron chi connectivity index (χ2n) is 4.89. The molecular weight excluding hydrogens is 264 g/mol. The zero-order chi connectivity index (χ0) is 15.1. The number of amides is 2. The number of urea groups is 1. The molecule has 0 aliphatic carbocycles. The molecule has 1 heterocycles. The number of aromatic nitrogens is 2. The average Bonchev–Trinajstić information content (AvgIpc) is 2.95. The highest BCUT2D eigenvalue weighted by Gasteiger charge is 2.07. The second kappa shape index (κ2) is 7.47. The molecule has 2 N–H and O–H groups in total. The molecule has 21 heavy (non-hydrogen) atoms. The first-order chi connectivity index (χ1) is 10.2. The van der Waals surface area contributed by atoms with E-state index < -0.39 is 0 Å². The first-order valence-electron chi connectivity index (χ1n) is 7.36. The number of carbonyl (C=O) groups excluding carboxylic acids is 1. The van der Waals surface area contributed by atoms with Crippen LogP contribution in [0.15, 0.2) is 36.8 Å². The largest absolute Gasteiger partial charge is 0.333 e. The van der Waals surface area contributed by atoms with Crippen LogP contribution in [0.4, 0.5) is 10.5 Å². The fraction of sp³-hybridized carbons (Fsp3) is 0.375. The summed E-state index contributed by atoms with van der Waals surface area (Å²) in [7, 11) is 0. The van der Waals surface area contributed by atoms with Gasteiger partial charge in [-0.1, -0.05) is 31.5 Å². The van der Waals surface area contributed by atoms with Gasteiger partial charge in [-0.15, -0.1) is 0 Å². The van der Waals surface area contributed by atoms with E-state index in [1.807, 2.05) is 35.8 Å². The summed E-state index contributed by atoms with van der Waals surface area (Å²) in [5.74, 6) is 0. The summed E-state index contributed by atoms with van der Waals surface area (Å²) >= 11 is 0. The molecule has 5 nitrogen and oxygen atoms in total. The van der Waals surface area contributed by atoms with Gasteiger partial charge in [-0.2, -0.15) is 0 Å². The Labute approximate surface area is 125 Å². The Kier molecular flexibility index (Phi) is 5.37. The monoisotopic (exact) mass is 286 g/mol. The van der Waals surface area contributed by atoms with Gasteiger partial charge in [-0.3, -0.25) is 0 Å². The lowest BCUT2D eigenvalue weighted by molar-refractivity contribution is 0.251. The zero-order valence-corrected chi connectivity index (χ0v) is 12.6. The van der Waals surface area contributed by atoms with Gasteiger partial charge >= 0.3 is 6.03 Å². The Morgan fingerprint density at radius 1 is 1.29 bits per heavy atom. The van der Waals surface area contributed by atoms with Crippen LogP contribution >= 0.6 is 0 Å². The Morgan fingerprint density at radius 3 is 2.86 bits per heavy atom. The minimum Gasteiger partial charge on any atom is -0.333 e. The highest BCUT2D eigenvalue weighted by molar-refractivity contribution is 5.90. The SMILES string of the molecule is CCCc1ccccc1NC(=O)NCc1cncn1CC. The van der Waals surface area contributed by atoms with Crippen molar-refractivity contribution in [2.45, 2.75) is 39.8 Å². The summed E-state index contributed by atoms with van der Waals surface area (Å²) in [6.07, 6.45) is 5.55. The van der Waals surface area contributed by atoms with Gasteiger partial charge in [0.05, 0.1) is 18.6 Å². The van der Waals surface area contributed by atoms with Crippen molar-refractivity contribution in [1.82, 2.24) is 14.9 Å². The summed E-state index contributed by atoms with van der Waals surface area (Å²) in [5, 5.41) is 5.78. The molecule has 2 amide bonds. The van der Waals surface area contributed by atoms with E-state index in [1.165, 1.54) is 0 Å². The zero-order valence-electron chi connectivity index (χ0n) is 12.6. The van der Waals surface area contributed by atoms with Crippen LogP contribution in [0.1, 0.15) is 31.5 Å². The summed E-state index contributed by atoms with van der Waals surface area (Å²) in [6.45, 7) is 5.49. The number of hydrogen-bond donors (Lipinski definition) is 2. The van der Waals surface area contributed by atoms with Crippen molar-refractivity contribution in [3.63, 3.8) is 0 Å². The number of carbonyl (C=O) groups is 1. The van der Waals surface area contributed by atoms with Crippen LogP contribution in [0.3, 0.4) is 0 Å². The molecule has 1 aromatic heterocycles. The van der Waals surface area contributed by atoms with Crippen LogP contribution < -0.4 is 10.6 Å². The van der Waals surface area contributed by atoms with E-state index >= 15 is 0 Å². The highest BCUT2D eigenvalue weighted by Crippen LogP contribution is 2.16. The summed E-state index contributed by atoms with van der Waals surface area (Å²) in [6, 6.07) is 7.71. The molecule has 0 saturated carbocycles. The van der Waals surface area contributed by atoms with E-state index in [9.17, 15) is 4.79 Å². The summed E-state index contributed by atoms with van der Waals surface area (Å²) in [4.78, 5) is 16.1. The average molecular weight is 286 g/mol. The molecular formula is C16H22N4O. The van der Waals surface area contributed by atoms with Gasteiger partial charge in [-0.05, 0) is 25.0 Å². The molecule has 1 aromatic carbocycles. The van der Waals surface area contributed by atoms with Gasteiger partial charge < -0.3 is 15.2 Å². The number of aryl methyl sites for hydroxylation is 2. The van der Waals surface area contributed by atoms with Gasteiger partial charge in [-0.25, -0.2) is 9.78 Å². The van der Waals surface area contributed by atoms with E-state index in [4.69, 9.17) is 0 Å². The van der Waals surface area contributed by atoms with E-state index in [0.29, 0.717) is 6.54 Å². The summed E-state index contributed by atoms with van der Waals surface area (Å²) < 4.78 is 2.01. The van der Waals surface area contributed by atoms with Gasteiger partial charge in [0.2, 0.25) is 0 Å². The number of imidazole rings is 1. The lowest BCUT2D eigenvalue weighted by Gasteiger charge is -2.12. The predicted molar refractivity (Wildman–Crippen MR) is 84.2 cm³/mol. The standard InChI is InChI=1S/C16H22N4O/c1-3-7-13-8-5-6-9-15(13)19-16(21)18-11-14-10-17-12-20(14)4-2/h5-6,8-10,12H,3-4,7,11H2,1-2H3,(H2,18,19,21). The minimum atomic E-state index is -0.192. The van der Waals surface area contributed by atoms with Gasteiger partial charge in [0.1, 0.15) is 0 Å². The van der Waals surface area contributed by atoms with Gasteiger partial charge in [0.25, 0.3) is 0 Å². The first-order valence-corrected chi connectivity index (χ1v) is 7.36. The van der Waals surface area contributed by atoms with Gasteiger partial charge in [0, 0.05) is 18.4 Å². The molecule has 0 aliphatic heterocycles. The first kappa shape index (κ1) is 15.1. The molecule has 0 fully saturated rings. The van der Waals surface area contributed by atoms with E-state index in [-0.39, 0.29) is 6.03 Å². The van der Waals surface area contributed by atoms with E-state index in [0.717, 1.165) is 36.3 Å². The van der Waals surface area contributed by atoms with Crippen LogP contribution in [0.25, 0.3) is 0 Å². The molecule has 112 valence electrons. The molecule has 0 atom stereocenters. The van der Waals surface area contributed by atoms with Crippen LogP contribution in [-0.2, 0) is 19.5 Å². The van der Waals surface area contributed by atoms with Crippen LogP contribution in [0, 0.1) is 0 Å². The van der Waals surface area contributed by atoms with Crippen molar-refractivity contribution in [2.75, 3.05) is 5.32 Å². The smallest absolute Gasteiger partial charge is 0.319 e. The fourth-order valence-electron chi connectivity index (χ4n) is 2.25. The minimum absolute atomic E-state index is 0.192. The molecule has 2 aromatic rings. The van der Waals surface area contributed by atoms with Gasteiger partial charge in [0.15, 0.2) is 0 Å². The number of benzene rings is 1. The third-order valence-electron chi connectivity index (χ3n) is 3.35. The Bertz CT molecular complexity index is 591. The molecule has 0 saturated heterocycles. The number of para-hydroxylation sites is 1. The molecule has 0 aliphatic rings. The molecule has 5 heteroatoms. The lowest BCUT2D eigenvalue weighted by Crippen LogP contribution is -2.29. The second-order valence-corrected chi connectivity index (χ2v) is 4.89. The topological polar surface area (TPSA) is 59.0 Å². The van der Waals surface area contributed by atoms with Crippen LogP contribution in [0.5, 0.6) is 0 Å². The third-order valence-corrected chi connectivity index (χ3v) is 3.35. The third kappa shape index (κ3) is 4.08. The Morgan fingerprint density at radius 2 is 2.10 bits per heavy atom. The number of nitrogens with one attached hydrogen (secondary N) is 2. The van der Waals surface area contributed by atoms with E-state index in [1.54, 1.807) is 12.5 Å². The van der Waals surface area contributed by atoms with Crippen molar-refractivity contribution >= 4 is 11.7 Å². The molecule has 2 rings (SSSR count). The van der Waals surface area contributed by atoms with E-state index in [2.05, 4.69) is 22.5 Å².